The standard InChI is InChI=1S/C22H21ClN4OS/c1-26-10-2-4-17(26)18-5-3-11-27(18)12-19-24-21(28)20-16(13-29-22(20)25-19)14-6-8-15(23)9-7-14/h2,4,6-10,13,18H,3,5,11-12H2,1H3,(H,24,25,28)/t18-/m0/s1. The minimum atomic E-state index is -0.0780. The van der Waals surface area contributed by atoms with Crippen molar-refractivity contribution >= 4 is 33.2 Å². The first kappa shape index (κ1) is 18.6. The van der Waals surface area contributed by atoms with Crippen LogP contribution in [0.15, 0.2) is 52.8 Å². The molecular weight excluding hydrogens is 404 g/mol. The number of aryl methyl sites for hydroxylation is 1. The van der Waals surface area contributed by atoms with E-state index in [0.29, 0.717) is 23.0 Å². The van der Waals surface area contributed by atoms with Crippen LogP contribution in [0.1, 0.15) is 30.4 Å². The number of nitrogens with one attached hydrogen (secondary N) is 1. The van der Waals surface area contributed by atoms with E-state index in [0.717, 1.165) is 41.2 Å². The summed E-state index contributed by atoms with van der Waals surface area (Å²) in [4.78, 5) is 23.9. The summed E-state index contributed by atoms with van der Waals surface area (Å²) in [5, 5.41) is 3.34. The van der Waals surface area contributed by atoms with E-state index in [-0.39, 0.29) is 5.56 Å². The van der Waals surface area contributed by atoms with Gasteiger partial charge in [-0.15, -0.1) is 11.3 Å². The van der Waals surface area contributed by atoms with Crippen molar-refractivity contribution < 1.29 is 0 Å². The number of hydrogen-bond donors (Lipinski definition) is 1. The number of halogens is 1. The van der Waals surface area contributed by atoms with Gasteiger partial charge in [0.1, 0.15) is 10.7 Å². The first-order valence-corrected chi connectivity index (χ1v) is 11.0. The third-order valence-electron chi connectivity index (χ3n) is 5.69. The second kappa shape index (κ2) is 7.44. The van der Waals surface area contributed by atoms with Crippen molar-refractivity contribution in [2.24, 2.45) is 7.05 Å². The van der Waals surface area contributed by atoms with E-state index in [4.69, 9.17) is 16.6 Å². The van der Waals surface area contributed by atoms with Gasteiger partial charge in [-0.3, -0.25) is 9.69 Å². The first-order chi connectivity index (χ1) is 14.1. The normalized spacial score (nSPS) is 17.4. The molecule has 148 valence electrons. The van der Waals surface area contributed by atoms with Crippen molar-refractivity contribution in [1.29, 1.82) is 0 Å². The molecule has 3 aromatic heterocycles. The van der Waals surface area contributed by atoms with Crippen LogP contribution in [0.3, 0.4) is 0 Å². The molecule has 0 spiro atoms. The van der Waals surface area contributed by atoms with Gasteiger partial charge < -0.3 is 9.55 Å². The Labute approximate surface area is 177 Å². The van der Waals surface area contributed by atoms with E-state index in [9.17, 15) is 4.79 Å². The number of fused-ring (bicyclic) bond motifs is 1. The molecule has 0 bridgehead atoms. The summed E-state index contributed by atoms with van der Waals surface area (Å²) in [5.41, 5.74) is 3.12. The van der Waals surface area contributed by atoms with Gasteiger partial charge in [0, 0.05) is 34.9 Å². The molecule has 0 amide bonds. The van der Waals surface area contributed by atoms with Gasteiger partial charge >= 0.3 is 0 Å². The molecule has 7 heteroatoms. The number of rotatable bonds is 4. The van der Waals surface area contributed by atoms with Crippen molar-refractivity contribution in [3.05, 3.63) is 74.9 Å². The highest BCUT2D eigenvalue weighted by Gasteiger charge is 2.28. The van der Waals surface area contributed by atoms with E-state index < -0.39 is 0 Å². The quantitative estimate of drug-likeness (QED) is 0.502. The summed E-state index contributed by atoms with van der Waals surface area (Å²) in [7, 11) is 2.09. The molecule has 0 radical (unpaired) electrons. The van der Waals surface area contributed by atoms with Crippen LogP contribution in [0.2, 0.25) is 5.02 Å². The summed E-state index contributed by atoms with van der Waals surface area (Å²) < 4.78 is 2.18. The Morgan fingerprint density at radius 1 is 1.28 bits per heavy atom. The maximum atomic E-state index is 12.9. The predicted octanol–water partition coefficient (Wildman–Crippen LogP) is 4.98. The van der Waals surface area contributed by atoms with Crippen LogP contribution in [0.5, 0.6) is 0 Å². The zero-order chi connectivity index (χ0) is 20.0. The third-order valence-corrected chi connectivity index (χ3v) is 6.81. The molecular formula is C22H21ClN4OS. The van der Waals surface area contributed by atoms with E-state index in [1.54, 1.807) is 0 Å². The van der Waals surface area contributed by atoms with Crippen LogP contribution < -0.4 is 5.56 Å². The van der Waals surface area contributed by atoms with Crippen LogP contribution in [-0.4, -0.2) is 26.0 Å². The highest BCUT2D eigenvalue weighted by Crippen LogP contribution is 2.34. The van der Waals surface area contributed by atoms with Crippen LogP contribution >= 0.6 is 22.9 Å². The Kier molecular flexibility index (Phi) is 4.78. The number of likely N-dealkylation sites (tertiary alicyclic amines) is 1. The van der Waals surface area contributed by atoms with Gasteiger partial charge in [0.25, 0.3) is 5.56 Å². The summed E-state index contributed by atoms with van der Waals surface area (Å²) in [6, 6.07) is 12.2. The van der Waals surface area contributed by atoms with E-state index in [1.165, 1.54) is 17.0 Å². The lowest BCUT2D eigenvalue weighted by atomic mass is 10.1. The van der Waals surface area contributed by atoms with Crippen LogP contribution in [0.4, 0.5) is 0 Å². The van der Waals surface area contributed by atoms with Gasteiger partial charge in [0.2, 0.25) is 0 Å². The molecule has 4 heterocycles. The molecule has 1 fully saturated rings. The fraction of sp³-hybridized carbons (Fsp3) is 0.273. The number of nitrogens with zero attached hydrogens (tertiary/aromatic N) is 3. The number of aromatic amines is 1. The minimum absolute atomic E-state index is 0.0780. The van der Waals surface area contributed by atoms with Gasteiger partial charge in [-0.2, -0.15) is 0 Å². The maximum Gasteiger partial charge on any atom is 0.260 e. The Morgan fingerprint density at radius 3 is 2.86 bits per heavy atom. The molecule has 1 saturated heterocycles. The second-order valence-corrected chi connectivity index (χ2v) is 8.82. The number of benzene rings is 1. The highest BCUT2D eigenvalue weighted by atomic mass is 35.5. The van der Waals surface area contributed by atoms with Crippen molar-refractivity contribution in [2.75, 3.05) is 6.54 Å². The fourth-order valence-corrected chi connectivity index (χ4v) is 5.37. The third kappa shape index (κ3) is 3.41. The molecule has 0 aliphatic carbocycles. The van der Waals surface area contributed by atoms with Crippen LogP contribution in [-0.2, 0) is 13.6 Å². The molecule has 4 aromatic rings. The van der Waals surface area contributed by atoms with Gasteiger partial charge in [-0.05, 0) is 49.2 Å². The van der Waals surface area contributed by atoms with Crippen molar-refractivity contribution in [3.63, 3.8) is 0 Å². The van der Waals surface area contributed by atoms with Gasteiger partial charge in [-0.25, -0.2) is 4.98 Å². The molecule has 1 aliphatic rings. The average Bonchev–Trinajstić information content (AvgIpc) is 3.42. The molecule has 29 heavy (non-hydrogen) atoms. The first-order valence-electron chi connectivity index (χ1n) is 9.72. The summed E-state index contributed by atoms with van der Waals surface area (Å²) in [6.07, 6.45) is 4.37. The average molecular weight is 425 g/mol. The maximum absolute atomic E-state index is 12.9. The van der Waals surface area contributed by atoms with E-state index >= 15 is 0 Å². The molecule has 5 nitrogen and oxygen atoms in total. The molecule has 0 saturated carbocycles. The van der Waals surface area contributed by atoms with Crippen molar-refractivity contribution in [1.82, 2.24) is 19.4 Å². The van der Waals surface area contributed by atoms with Gasteiger partial charge in [0.05, 0.1) is 18.0 Å². The lowest BCUT2D eigenvalue weighted by Gasteiger charge is -2.24. The van der Waals surface area contributed by atoms with Crippen molar-refractivity contribution in [3.8, 4) is 11.1 Å². The Bertz CT molecular complexity index is 1220. The number of thiophene rings is 1. The molecule has 1 atom stereocenters. The lowest BCUT2D eigenvalue weighted by molar-refractivity contribution is 0.235. The van der Waals surface area contributed by atoms with E-state index in [2.05, 4.69) is 39.8 Å². The topological polar surface area (TPSA) is 53.9 Å². The Morgan fingerprint density at radius 2 is 2.10 bits per heavy atom. The zero-order valence-corrected chi connectivity index (χ0v) is 17.6. The molecule has 1 aliphatic heterocycles. The summed E-state index contributed by atoms with van der Waals surface area (Å²) >= 11 is 7.51. The second-order valence-electron chi connectivity index (χ2n) is 7.52. The zero-order valence-electron chi connectivity index (χ0n) is 16.1. The largest absolute Gasteiger partial charge is 0.353 e. The smallest absolute Gasteiger partial charge is 0.260 e. The molecule has 1 aromatic carbocycles. The monoisotopic (exact) mass is 424 g/mol. The minimum Gasteiger partial charge on any atom is -0.353 e. The Hall–Kier alpha value is -2.41. The predicted molar refractivity (Wildman–Crippen MR) is 118 cm³/mol. The number of hydrogen-bond acceptors (Lipinski definition) is 4. The Balaban J connectivity index is 1.47. The van der Waals surface area contributed by atoms with Gasteiger partial charge in [-0.1, -0.05) is 23.7 Å². The number of H-pyrrole nitrogens is 1. The lowest BCUT2D eigenvalue weighted by Crippen LogP contribution is -2.26. The molecule has 5 rings (SSSR count). The van der Waals surface area contributed by atoms with E-state index in [1.807, 2.05) is 29.6 Å². The molecule has 0 unspecified atom stereocenters. The van der Waals surface area contributed by atoms with Crippen LogP contribution in [0, 0.1) is 0 Å². The van der Waals surface area contributed by atoms with Gasteiger partial charge in [0.15, 0.2) is 0 Å². The molecule has 1 N–H and O–H groups in total. The summed E-state index contributed by atoms with van der Waals surface area (Å²) in [6.45, 7) is 1.66. The number of aromatic nitrogens is 3. The highest BCUT2D eigenvalue weighted by molar-refractivity contribution is 7.17. The SMILES string of the molecule is Cn1cccc1[C@@H]1CCCN1Cc1nc2scc(-c3ccc(Cl)cc3)c2c(=O)[nH]1. The van der Waals surface area contributed by atoms with Crippen LogP contribution in [0.25, 0.3) is 21.3 Å². The summed E-state index contributed by atoms with van der Waals surface area (Å²) in [5.74, 6) is 0.730. The van der Waals surface area contributed by atoms with Crippen molar-refractivity contribution in [2.45, 2.75) is 25.4 Å². The fourth-order valence-electron chi connectivity index (χ4n) is 4.27.